The molecule has 2 nitrogen and oxygen atoms in total. The number of hydrogen-bond acceptors (Lipinski definition) is 1. The fraction of sp³-hybridized carbons (Fsp3) is 0. The van der Waals surface area contributed by atoms with Crippen LogP contribution in [0.3, 0.4) is 0 Å². The van der Waals surface area contributed by atoms with Crippen molar-refractivity contribution in [2.45, 2.75) is 0 Å². The number of rotatable bonds is 2. The predicted octanol–water partition coefficient (Wildman–Crippen LogP) is 0.0948. The van der Waals surface area contributed by atoms with Gasteiger partial charge in [0.1, 0.15) is 0 Å². The van der Waals surface area contributed by atoms with E-state index in [0.29, 0.717) is 0 Å². The molecule has 0 saturated carbocycles. The van der Waals surface area contributed by atoms with Gasteiger partial charge in [-0.15, -0.1) is 0 Å². The zero-order valence-electron chi connectivity index (χ0n) is 5.28. The van der Waals surface area contributed by atoms with Gasteiger partial charge in [0, 0.05) is 0 Å². The van der Waals surface area contributed by atoms with Gasteiger partial charge in [0.15, 0.2) is 0 Å². The second kappa shape index (κ2) is 3.40. The van der Waals surface area contributed by atoms with Crippen molar-refractivity contribution >= 4 is 24.2 Å². The monoisotopic (exact) mass is 201 g/mol. The standard InChI is InChI=1S/C7H7NOSe/c8-7(9)10-6-4-2-1-3-5-6/h1-5H,(H2,8,9). The van der Waals surface area contributed by atoms with Crippen molar-refractivity contribution < 1.29 is 4.79 Å². The molecular weight excluding hydrogens is 193 g/mol. The predicted molar refractivity (Wildman–Crippen MR) is 41.4 cm³/mol. The van der Waals surface area contributed by atoms with Crippen molar-refractivity contribution in [2.24, 2.45) is 5.73 Å². The average molecular weight is 200 g/mol. The molecule has 3 heteroatoms. The first-order valence-electron chi connectivity index (χ1n) is 2.81. The zero-order valence-corrected chi connectivity index (χ0v) is 6.99. The van der Waals surface area contributed by atoms with Crippen LogP contribution >= 0.6 is 0 Å². The maximum absolute atomic E-state index is 10.4. The van der Waals surface area contributed by atoms with Crippen LogP contribution < -0.4 is 10.2 Å². The minimum atomic E-state index is -0.223. The summed E-state index contributed by atoms with van der Waals surface area (Å²) < 4.78 is 1.03. The molecule has 0 aliphatic heterocycles. The summed E-state index contributed by atoms with van der Waals surface area (Å²) in [6.45, 7) is 0. The van der Waals surface area contributed by atoms with E-state index in [1.165, 1.54) is 0 Å². The summed E-state index contributed by atoms with van der Waals surface area (Å²) in [5.74, 6) is 0. The van der Waals surface area contributed by atoms with Crippen molar-refractivity contribution in [3.63, 3.8) is 0 Å². The molecule has 0 radical (unpaired) electrons. The van der Waals surface area contributed by atoms with Crippen LogP contribution in [0, 0.1) is 0 Å². The van der Waals surface area contributed by atoms with E-state index >= 15 is 0 Å². The Labute approximate surface area is 65.6 Å². The average Bonchev–Trinajstić information content (AvgIpc) is 1.88. The number of carbonyl (C=O) groups is 1. The number of hydrogen-bond donors (Lipinski definition) is 1. The van der Waals surface area contributed by atoms with E-state index in [1.807, 2.05) is 30.3 Å². The van der Waals surface area contributed by atoms with Gasteiger partial charge >= 0.3 is 65.1 Å². The molecular formula is C7H7NOSe. The van der Waals surface area contributed by atoms with Gasteiger partial charge in [0.2, 0.25) is 0 Å². The summed E-state index contributed by atoms with van der Waals surface area (Å²) in [5.41, 5.74) is 5.01. The summed E-state index contributed by atoms with van der Waals surface area (Å²) in [6, 6.07) is 9.54. The third-order valence-corrected chi connectivity index (χ3v) is 2.45. The van der Waals surface area contributed by atoms with Crippen molar-refractivity contribution in [3.8, 4) is 0 Å². The molecule has 1 amide bonds. The van der Waals surface area contributed by atoms with Crippen molar-refractivity contribution in [2.75, 3.05) is 0 Å². The van der Waals surface area contributed by atoms with Crippen molar-refractivity contribution in [3.05, 3.63) is 30.3 Å². The molecule has 0 aliphatic rings. The van der Waals surface area contributed by atoms with Crippen LogP contribution in [0.2, 0.25) is 0 Å². The first-order chi connectivity index (χ1) is 4.79. The van der Waals surface area contributed by atoms with Crippen LogP contribution in [-0.4, -0.2) is 19.8 Å². The minimum absolute atomic E-state index is 0.193. The topological polar surface area (TPSA) is 43.1 Å². The van der Waals surface area contributed by atoms with E-state index in [-0.39, 0.29) is 19.8 Å². The van der Waals surface area contributed by atoms with E-state index in [2.05, 4.69) is 0 Å². The van der Waals surface area contributed by atoms with Crippen molar-refractivity contribution in [1.82, 2.24) is 0 Å². The Morgan fingerprint density at radius 2 is 1.90 bits per heavy atom. The zero-order chi connectivity index (χ0) is 7.40. The first kappa shape index (κ1) is 7.32. The van der Waals surface area contributed by atoms with Crippen LogP contribution in [0.5, 0.6) is 0 Å². The van der Waals surface area contributed by atoms with E-state index in [9.17, 15) is 4.79 Å². The van der Waals surface area contributed by atoms with Crippen LogP contribution in [0.1, 0.15) is 0 Å². The maximum atomic E-state index is 10.4. The molecule has 1 rings (SSSR count). The van der Waals surface area contributed by atoms with Crippen molar-refractivity contribution in [1.29, 1.82) is 0 Å². The summed E-state index contributed by atoms with van der Waals surface area (Å²) >= 11 is -0.193. The molecule has 52 valence electrons. The Morgan fingerprint density at radius 1 is 1.30 bits per heavy atom. The molecule has 0 saturated heterocycles. The molecule has 10 heavy (non-hydrogen) atoms. The molecule has 1 aromatic carbocycles. The first-order valence-corrected chi connectivity index (χ1v) is 4.52. The second-order valence-corrected chi connectivity index (χ2v) is 4.00. The van der Waals surface area contributed by atoms with Gasteiger partial charge < -0.3 is 0 Å². The second-order valence-electron chi connectivity index (χ2n) is 1.73. The summed E-state index contributed by atoms with van der Waals surface area (Å²) in [6.07, 6.45) is 0. The molecule has 0 aromatic heterocycles. The molecule has 0 unspecified atom stereocenters. The quantitative estimate of drug-likeness (QED) is 0.675. The van der Waals surface area contributed by atoms with Gasteiger partial charge in [0.05, 0.1) is 0 Å². The van der Waals surface area contributed by atoms with Crippen LogP contribution in [0.4, 0.5) is 4.79 Å². The third-order valence-electron chi connectivity index (χ3n) is 0.962. The number of benzene rings is 1. The van der Waals surface area contributed by atoms with Gasteiger partial charge in [0.25, 0.3) is 0 Å². The number of amides is 1. The van der Waals surface area contributed by atoms with Crippen LogP contribution in [0.25, 0.3) is 0 Å². The normalized spacial score (nSPS) is 9.20. The van der Waals surface area contributed by atoms with Crippen LogP contribution in [0.15, 0.2) is 30.3 Å². The number of nitrogens with two attached hydrogens (primary N) is 1. The van der Waals surface area contributed by atoms with Gasteiger partial charge in [-0.3, -0.25) is 0 Å². The number of primary amides is 1. The fourth-order valence-corrected chi connectivity index (χ4v) is 1.71. The van der Waals surface area contributed by atoms with E-state index in [4.69, 9.17) is 5.73 Å². The molecule has 2 N–H and O–H groups in total. The molecule has 0 aliphatic carbocycles. The Kier molecular flexibility index (Phi) is 2.49. The Bertz CT molecular complexity index is 222. The molecule has 0 spiro atoms. The van der Waals surface area contributed by atoms with Gasteiger partial charge in [-0.25, -0.2) is 0 Å². The summed E-state index contributed by atoms with van der Waals surface area (Å²) in [7, 11) is 0. The van der Waals surface area contributed by atoms with E-state index in [0.717, 1.165) is 4.46 Å². The molecule has 0 atom stereocenters. The Hall–Kier alpha value is -0.791. The summed E-state index contributed by atoms with van der Waals surface area (Å²) in [4.78, 5) is 10.2. The third kappa shape index (κ3) is 2.21. The van der Waals surface area contributed by atoms with Gasteiger partial charge in [-0.05, 0) is 0 Å². The Morgan fingerprint density at radius 3 is 2.40 bits per heavy atom. The molecule has 0 heterocycles. The van der Waals surface area contributed by atoms with E-state index < -0.39 is 0 Å². The Balaban J connectivity index is 2.67. The van der Waals surface area contributed by atoms with E-state index in [1.54, 1.807) is 0 Å². The van der Waals surface area contributed by atoms with Crippen LogP contribution in [-0.2, 0) is 0 Å². The van der Waals surface area contributed by atoms with Gasteiger partial charge in [-0.2, -0.15) is 0 Å². The molecule has 0 fully saturated rings. The fourth-order valence-electron chi connectivity index (χ4n) is 0.605. The van der Waals surface area contributed by atoms with Gasteiger partial charge in [-0.1, -0.05) is 0 Å². The molecule has 1 aromatic rings. The summed E-state index contributed by atoms with van der Waals surface area (Å²) in [5, 5.41) is 0. The SMILES string of the molecule is NC(=O)[Se]c1ccccc1. The molecule has 0 bridgehead atoms. The number of carbonyl (C=O) groups excluding carboxylic acids is 1.